The first-order valence-corrected chi connectivity index (χ1v) is 13.4. The van der Waals surface area contributed by atoms with Crippen molar-refractivity contribution in [1.82, 2.24) is 0 Å². The number of rotatable bonds is 3. The molecule has 0 spiro atoms. The van der Waals surface area contributed by atoms with Crippen molar-refractivity contribution in [2.24, 2.45) is 28.6 Å². The van der Waals surface area contributed by atoms with Crippen LogP contribution in [0.3, 0.4) is 0 Å². The lowest BCUT2D eigenvalue weighted by Gasteiger charge is -2.67. The number of hydrogen-bond acceptors (Lipinski definition) is 10. The fourth-order valence-corrected chi connectivity index (χ4v) is 7.95. The van der Waals surface area contributed by atoms with E-state index in [9.17, 15) is 34.5 Å². The topological polar surface area (TPSA) is 157 Å². The fourth-order valence-electron chi connectivity index (χ4n) is 7.95. The molecule has 3 unspecified atom stereocenters. The molecule has 10 nitrogen and oxygen atoms in total. The van der Waals surface area contributed by atoms with Crippen molar-refractivity contribution in [1.29, 1.82) is 0 Å². The lowest BCUT2D eigenvalue weighted by atomic mass is 9.42. The van der Waals surface area contributed by atoms with Gasteiger partial charge in [-0.1, -0.05) is 39.0 Å². The Labute approximate surface area is 226 Å². The molecular formula is C29H36O10. The minimum atomic E-state index is -2.07. The van der Waals surface area contributed by atoms with E-state index in [0.29, 0.717) is 0 Å². The number of benzene rings is 1. The first-order valence-electron chi connectivity index (χ1n) is 13.4. The third-order valence-electron chi connectivity index (χ3n) is 10.2. The van der Waals surface area contributed by atoms with Crippen LogP contribution in [-0.2, 0) is 28.6 Å². The molecule has 4 aliphatic rings. The maximum atomic E-state index is 14.2. The third-order valence-corrected chi connectivity index (χ3v) is 10.2. The first-order chi connectivity index (χ1) is 18.1. The van der Waals surface area contributed by atoms with Crippen LogP contribution in [0.1, 0.15) is 57.8 Å². The van der Waals surface area contributed by atoms with Crippen LogP contribution < -0.4 is 0 Å². The number of Topliss-reactive ketones (excluding diaryl/α,β-unsaturated/α-hetero) is 2. The van der Waals surface area contributed by atoms with E-state index < -0.39 is 87.7 Å². The van der Waals surface area contributed by atoms with E-state index in [1.807, 2.05) is 0 Å². The summed E-state index contributed by atoms with van der Waals surface area (Å²) in [6.45, 7) is 7.28. The van der Waals surface area contributed by atoms with Gasteiger partial charge in [0.15, 0.2) is 5.60 Å². The second-order valence-corrected chi connectivity index (χ2v) is 12.5. The first kappa shape index (κ1) is 27.9. The van der Waals surface area contributed by atoms with Gasteiger partial charge in [-0.3, -0.25) is 14.4 Å². The summed E-state index contributed by atoms with van der Waals surface area (Å²) < 4.78 is 17.7. The molecule has 39 heavy (non-hydrogen) atoms. The number of hydrogen-bond donors (Lipinski definition) is 3. The summed E-state index contributed by atoms with van der Waals surface area (Å²) in [5.41, 5.74) is -6.75. The molecular weight excluding hydrogens is 508 g/mol. The van der Waals surface area contributed by atoms with Gasteiger partial charge in [0.05, 0.1) is 35.7 Å². The number of ether oxygens (including phenoxy) is 3. The largest absolute Gasteiger partial charge is 0.455 e. The van der Waals surface area contributed by atoms with Crippen molar-refractivity contribution >= 4 is 23.5 Å². The van der Waals surface area contributed by atoms with Crippen molar-refractivity contribution in [2.45, 2.75) is 83.1 Å². The normalized spacial score (nSPS) is 44.6. The molecule has 1 heterocycles. The van der Waals surface area contributed by atoms with E-state index in [4.69, 9.17) is 14.2 Å². The van der Waals surface area contributed by atoms with Crippen LogP contribution >= 0.6 is 0 Å². The number of aliphatic hydroxyl groups is 3. The van der Waals surface area contributed by atoms with Gasteiger partial charge in [-0.15, -0.1) is 0 Å². The van der Waals surface area contributed by atoms with E-state index in [1.54, 1.807) is 39.0 Å². The third kappa shape index (κ3) is 3.61. The highest BCUT2D eigenvalue weighted by molar-refractivity contribution is 6.40. The molecule has 2 bridgehead atoms. The number of aliphatic hydroxyl groups excluding tert-OH is 2. The van der Waals surface area contributed by atoms with E-state index in [0.717, 1.165) is 0 Å². The maximum absolute atomic E-state index is 14.2. The van der Waals surface area contributed by atoms with Gasteiger partial charge >= 0.3 is 11.9 Å². The predicted molar refractivity (Wildman–Crippen MR) is 134 cm³/mol. The molecule has 1 aromatic carbocycles. The highest BCUT2D eigenvalue weighted by Gasteiger charge is 2.78. The summed E-state index contributed by atoms with van der Waals surface area (Å²) in [7, 11) is 0. The Morgan fingerprint density at radius 2 is 1.72 bits per heavy atom. The summed E-state index contributed by atoms with van der Waals surface area (Å²) >= 11 is 0. The molecule has 0 amide bonds. The van der Waals surface area contributed by atoms with Crippen LogP contribution in [-0.4, -0.2) is 81.0 Å². The smallest absolute Gasteiger partial charge is 0.338 e. The second kappa shape index (κ2) is 8.92. The van der Waals surface area contributed by atoms with Crippen LogP contribution in [0.15, 0.2) is 30.3 Å². The summed E-state index contributed by atoms with van der Waals surface area (Å²) in [6.07, 6.45) is -5.48. The molecule has 3 saturated carbocycles. The summed E-state index contributed by atoms with van der Waals surface area (Å²) in [6, 6.07) is 8.06. The Kier molecular flexibility index (Phi) is 6.38. The minimum Gasteiger partial charge on any atom is -0.455 e. The lowest BCUT2D eigenvalue weighted by molar-refractivity contribution is -0.349. The van der Waals surface area contributed by atoms with Gasteiger partial charge in [0.2, 0.25) is 11.6 Å². The zero-order valence-corrected chi connectivity index (χ0v) is 22.7. The highest BCUT2D eigenvalue weighted by Crippen LogP contribution is 2.64. The Morgan fingerprint density at radius 1 is 1.08 bits per heavy atom. The Hall–Kier alpha value is -2.66. The molecule has 10 heteroatoms. The average Bonchev–Trinajstić information content (AvgIpc) is 2.87. The molecule has 0 radical (unpaired) electrons. The predicted octanol–water partition coefficient (Wildman–Crippen LogP) is 1.23. The fraction of sp³-hybridized carbons (Fsp3) is 0.655. The van der Waals surface area contributed by atoms with Gasteiger partial charge in [0.25, 0.3) is 0 Å². The van der Waals surface area contributed by atoms with E-state index in [-0.39, 0.29) is 25.0 Å². The molecule has 1 aromatic rings. The van der Waals surface area contributed by atoms with Gasteiger partial charge in [0, 0.05) is 31.1 Å². The van der Waals surface area contributed by atoms with Gasteiger partial charge < -0.3 is 29.5 Å². The molecule has 1 saturated heterocycles. The van der Waals surface area contributed by atoms with Crippen molar-refractivity contribution in [3.8, 4) is 0 Å². The highest BCUT2D eigenvalue weighted by atomic mass is 16.6. The standard InChI is InChI=1S/C29H36O10/c1-14-17(31)12-29(36)24(38-25(35)16-9-7-6-8-10-16)22-27(5,23(34)21(33)20(14)26(29,3)4)18(32)11-19-28(22,13-37-19)39-15(2)30/h6-10,14,17-20,22,24,31-32,36H,11-13H2,1-5H3/t14?,17-,18-,19?,20?,22-,24-,27+,28-,29+/m0/s1. The molecule has 1 aliphatic heterocycles. The molecule has 4 fully saturated rings. The Balaban J connectivity index is 1.80. The number of esters is 2. The SMILES string of the molecule is CC(=O)O[C@@]12COC1C[C@H](O)[C@@]1(C)C(=O)C(=O)C3C(C)[C@@H](O)C[C@@](O)([C@@H](OC(=O)c4ccccc4)[C@@H]12)C3(C)C. The van der Waals surface area contributed by atoms with Crippen molar-refractivity contribution < 1.29 is 48.7 Å². The van der Waals surface area contributed by atoms with Crippen molar-refractivity contribution in [2.75, 3.05) is 6.61 Å². The summed E-state index contributed by atoms with van der Waals surface area (Å²) in [5.74, 6) is -6.47. The van der Waals surface area contributed by atoms with Crippen LogP contribution in [0, 0.1) is 28.6 Å². The molecule has 0 aromatic heterocycles. The number of carbonyl (C=O) groups is 4. The molecule has 3 N–H and O–H groups in total. The zero-order chi connectivity index (χ0) is 28.7. The van der Waals surface area contributed by atoms with Crippen LogP contribution in [0.25, 0.3) is 0 Å². The average molecular weight is 545 g/mol. The molecule has 3 aliphatic carbocycles. The van der Waals surface area contributed by atoms with Crippen molar-refractivity contribution in [3.05, 3.63) is 35.9 Å². The van der Waals surface area contributed by atoms with E-state index in [1.165, 1.54) is 26.0 Å². The monoisotopic (exact) mass is 544 g/mol. The van der Waals surface area contributed by atoms with Crippen LogP contribution in [0.5, 0.6) is 0 Å². The van der Waals surface area contributed by atoms with Gasteiger partial charge in [-0.25, -0.2) is 4.79 Å². The van der Waals surface area contributed by atoms with Gasteiger partial charge in [-0.2, -0.15) is 0 Å². The Morgan fingerprint density at radius 3 is 2.28 bits per heavy atom. The van der Waals surface area contributed by atoms with Gasteiger partial charge in [-0.05, 0) is 25.0 Å². The molecule has 212 valence electrons. The second-order valence-electron chi connectivity index (χ2n) is 12.5. The lowest BCUT2D eigenvalue weighted by Crippen LogP contribution is -2.82. The Bertz CT molecular complexity index is 1210. The van der Waals surface area contributed by atoms with Crippen molar-refractivity contribution in [3.63, 3.8) is 0 Å². The van der Waals surface area contributed by atoms with E-state index >= 15 is 0 Å². The number of ketones is 2. The van der Waals surface area contributed by atoms with Crippen LogP contribution in [0.4, 0.5) is 0 Å². The summed E-state index contributed by atoms with van der Waals surface area (Å²) in [4.78, 5) is 54.2. The number of fused-ring (bicyclic) bond motifs is 5. The molecule has 5 rings (SSSR count). The van der Waals surface area contributed by atoms with Crippen LogP contribution in [0.2, 0.25) is 0 Å². The van der Waals surface area contributed by atoms with Gasteiger partial charge in [0.1, 0.15) is 17.8 Å². The van der Waals surface area contributed by atoms with E-state index in [2.05, 4.69) is 0 Å². The quantitative estimate of drug-likeness (QED) is 0.373. The maximum Gasteiger partial charge on any atom is 0.338 e. The summed E-state index contributed by atoms with van der Waals surface area (Å²) in [5, 5.41) is 35.2. The number of carbonyl (C=O) groups excluding carboxylic acids is 4. The molecule has 10 atom stereocenters. The minimum absolute atomic E-state index is 0.108. The zero-order valence-electron chi connectivity index (χ0n) is 22.7.